The summed E-state index contributed by atoms with van der Waals surface area (Å²) in [4.78, 5) is 21.2. The average Bonchev–Trinajstić information content (AvgIpc) is 2.79. The molecule has 6 heteroatoms. The van der Waals surface area contributed by atoms with Gasteiger partial charge in [-0.05, 0) is 25.5 Å². The molecule has 0 N–H and O–H groups in total. The van der Waals surface area contributed by atoms with Crippen LogP contribution in [0.5, 0.6) is 0 Å². The number of hydrogen-bond donors (Lipinski definition) is 0. The summed E-state index contributed by atoms with van der Waals surface area (Å²) in [5.41, 5.74) is 4.40. The van der Waals surface area contributed by atoms with E-state index in [2.05, 4.69) is 9.97 Å². The standard InChI is InChI=1S/C14H15ClN2O2S/c1-9-11(3-4-13(15)17-9)7-14(18)19-6-5-12-10(2)16-8-20-12/h3-4,8H,5-7H2,1-2H3. The van der Waals surface area contributed by atoms with Crippen molar-refractivity contribution in [1.82, 2.24) is 9.97 Å². The van der Waals surface area contributed by atoms with Crippen LogP contribution in [0.15, 0.2) is 17.6 Å². The maximum atomic E-state index is 11.8. The summed E-state index contributed by atoms with van der Waals surface area (Å²) in [7, 11) is 0. The van der Waals surface area contributed by atoms with Crippen molar-refractivity contribution < 1.29 is 9.53 Å². The summed E-state index contributed by atoms with van der Waals surface area (Å²) < 4.78 is 5.24. The highest BCUT2D eigenvalue weighted by Gasteiger charge is 2.09. The number of hydrogen-bond acceptors (Lipinski definition) is 5. The topological polar surface area (TPSA) is 52.1 Å². The van der Waals surface area contributed by atoms with Crippen LogP contribution >= 0.6 is 22.9 Å². The maximum Gasteiger partial charge on any atom is 0.310 e. The molecule has 0 radical (unpaired) electrons. The van der Waals surface area contributed by atoms with E-state index < -0.39 is 0 Å². The van der Waals surface area contributed by atoms with Crippen molar-refractivity contribution in [2.75, 3.05) is 6.61 Å². The van der Waals surface area contributed by atoms with E-state index in [4.69, 9.17) is 16.3 Å². The maximum absolute atomic E-state index is 11.8. The Labute approximate surface area is 126 Å². The molecule has 20 heavy (non-hydrogen) atoms. The van der Waals surface area contributed by atoms with Crippen molar-refractivity contribution in [2.45, 2.75) is 26.7 Å². The van der Waals surface area contributed by atoms with Crippen LogP contribution in [0.1, 0.15) is 21.8 Å². The van der Waals surface area contributed by atoms with E-state index in [1.54, 1.807) is 29.0 Å². The first-order chi connectivity index (χ1) is 9.56. The molecule has 0 aliphatic heterocycles. The number of ether oxygens (including phenoxy) is 1. The third-order valence-electron chi connectivity index (χ3n) is 2.93. The second-order valence-electron chi connectivity index (χ2n) is 4.39. The molecule has 2 aromatic rings. The SMILES string of the molecule is Cc1nc(Cl)ccc1CC(=O)OCCc1scnc1C. The Bertz CT molecular complexity index is 613. The van der Waals surface area contributed by atoms with Crippen molar-refractivity contribution in [3.63, 3.8) is 0 Å². The first kappa shape index (κ1) is 14.9. The lowest BCUT2D eigenvalue weighted by molar-refractivity contribution is -0.142. The zero-order valence-corrected chi connectivity index (χ0v) is 12.9. The van der Waals surface area contributed by atoms with Gasteiger partial charge in [-0.3, -0.25) is 4.79 Å². The van der Waals surface area contributed by atoms with Gasteiger partial charge in [-0.25, -0.2) is 9.97 Å². The summed E-state index contributed by atoms with van der Waals surface area (Å²) in [6.45, 7) is 4.16. The molecule has 0 spiro atoms. The van der Waals surface area contributed by atoms with Crippen LogP contribution in [0.4, 0.5) is 0 Å². The number of aromatic nitrogens is 2. The van der Waals surface area contributed by atoms with Gasteiger partial charge in [0.2, 0.25) is 0 Å². The highest BCUT2D eigenvalue weighted by molar-refractivity contribution is 7.09. The lowest BCUT2D eigenvalue weighted by Gasteiger charge is -2.06. The van der Waals surface area contributed by atoms with Gasteiger partial charge in [0.25, 0.3) is 0 Å². The smallest absolute Gasteiger partial charge is 0.310 e. The Kier molecular flexibility index (Phi) is 5.09. The summed E-state index contributed by atoms with van der Waals surface area (Å²) >= 11 is 7.36. The summed E-state index contributed by atoms with van der Waals surface area (Å²) in [6.07, 6.45) is 0.928. The second kappa shape index (κ2) is 6.81. The summed E-state index contributed by atoms with van der Waals surface area (Å²) in [6, 6.07) is 3.48. The highest BCUT2D eigenvalue weighted by Crippen LogP contribution is 2.14. The van der Waals surface area contributed by atoms with E-state index in [-0.39, 0.29) is 12.4 Å². The minimum absolute atomic E-state index is 0.220. The Morgan fingerprint density at radius 2 is 2.15 bits per heavy atom. The van der Waals surface area contributed by atoms with E-state index in [0.717, 1.165) is 21.8 Å². The van der Waals surface area contributed by atoms with Crippen LogP contribution in [-0.4, -0.2) is 22.5 Å². The molecule has 2 rings (SSSR count). The Balaban J connectivity index is 1.82. The Morgan fingerprint density at radius 1 is 1.35 bits per heavy atom. The van der Waals surface area contributed by atoms with Crippen molar-refractivity contribution in [3.8, 4) is 0 Å². The third kappa shape index (κ3) is 4.02. The predicted molar refractivity (Wildman–Crippen MR) is 79.2 cm³/mol. The second-order valence-corrected chi connectivity index (χ2v) is 5.71. The first-order valence-corrected chi connectivity index (χ1v) is 7.48. The number of esters is 1. The Hall–Kier alpha value is -1.46. The van der Waals surface area contributed by atoms with Gasteiger partial charge < -0.3 is 4.74 Å². The van der Waals surface area contributed by atoms with E-state index in [1.165, 1.54) is 0 Å². The van der Waals surface area contributed by atoms with E-state index >= 15 is 0 Å². The fourth-order valence-electron chi connectivity index (χ4n) is 1.78. The number of nitrogens with zero attached hydrogens (tertiary/aromatic N) is 2. The molecule has 0 aromatic carbocycles. The number of pyridine rings is 1. The molecule has 0 bridgehead atoms. The first-order valence-electron chi connectivity index (χ1n) is 6.23. The molecule has 0 saturated carbocycles. The Morgan fingerprint density at radius 3 is 2.80 bits per heavy atom. The van der Waals surface area contributed by atoms with Crippen LogP contribution in [0.3, 0.4) is 0 Å². The third-order valence-corrected chi connectivity index (χ3v) is 4.14. The van der Waals surface area contributed by atoms with Crippen LogP contribution in [-0.2, 0) is 22.4 Å². The van der Waals surface area contributed by atoms with Crippen LogP contribution in [0.2, 0.25) is 5.15 Å². The lowest BCUT2D eigenvalue weighted by Crippen LogP contribution is -2.11. The van der Waals surface area contributed by atoms with Crippen LogP contribution < -0.4 is 0 Å². The number of carbonyl (C=O) groups is 1. The molecule has 0 amide bonds. The molecular weight excluding hydrogens is 296 g/mol. The quantitative estimate of drug-likeness (QED) is 0.629. The molecule has 106 valence electrons. The normalized spacial score (nSPS) is 10.6. The van der Waals surface area contributed by atoms with Crippen LogP contribution in [0, 0.1) is 13.8 Å². The number of rotatable bonds is 5. The van der Waals surface area contributed by atoms with Gasteiger partial charge in [0.05, 0.1) is 24.2 Å². The number of thiazole rings is 1. The molecular formula is C14H15ClN2O2S. The van der Waals surface area contributed by atoms with Gasteiger partial charge in [0.15, 0.2) is 0 Å². The number of aryl methyl sites for hydroxylation is 2. The predicted octanol–water partition coefficient (Wildman–Crippen LogP) is 3.14. The highest BCUT2D eigenvalue weighted by atomic mass is 35.5. The molecule has 0 aliphatic rings. The molecule has 2 heterocycles. The summed E-state index contributed by atoms with van der Waals surface area (Å²) in [5.74, 6) is -0.251. The fraction of sp³-hybridized carbons (Fsp3) is 0.357. The molecule has 0 fully saturated rings. The zero-order valence-electron chi connectivity index (χ0n) is 11.4. The largest absolute Gasteiger partial charge is 0.465 e. The van der Waals surface area contributed by atoms with Gasteiger partial charge >= 0.3 is 5.97 Å². The van der Waals surface area contributed by atoms with Crippen molar-refractivity contribution in [3.05, 3.63) is 44.6 Å². The van der Waals surface area contributed by atoms with E-state index in [9.17, 15) is 4.79 Å². The van der Waals surface area contributed by atoms with Crippen molar-refractivity contribution in [2.24, 2.45) is 0 Å². The van der Waals surface area contributed by atoms with E-state index in [1.807, 2.05) is 13.8 Å². The van der Waals surface area contributed by atoms with Gasteiger partial charge in [0, 0.05) is 17.0 Å². The van der Waals surface area contributed by atoms with Crippen molar-refractivity contribution in [1.29, 1.82) is 0 Å². The van der Waals surface area contributed by atoms with Crippen molar-refractivity contribution >= 4 is 28.9 Å². The molecule has 0 aliphatic carbocycles. The molecule has 0 atom stereocenters. The molecule has 4 nitrogen and oxygen atoms in total. The van der Waals surface area contributed by atoms with Gasteiger partial charge in [-0.2, -0.15) is 0 Å². The number of carbonyl (C=O) groups excluding carboxylic acids is 1. The minimum atomic E-state index is -0.251. The summed E-state index contributed by atoms with van der Waals surface area (Å²) in [5, 5.41) is 0.431. The monoisotopic (exact) mass is 310 g/mol. The van der Waals surface area contributed by atoms with Crippen LogP contribution in [0.25, 0.3) is 0 Å². The fourth-order valence-corrected chi connectivity index (χ4v) is 2.73. The lowest BCUT2D eigenvalue weighted by atomic mass is 10.1. The molecule has 0 saturated heterocycles. The minimum Gasteiger partial charge on any atom is -0.465 e. The number of halogens is 1. The molecule has 2 aromatic heterocycles. The molecule has 0 unspecified atom stereocenters. The van der Waals surface area contributed by atoms with E-state index in [0.29, 0.717) is 18.2 Å². The van der Waals surface area contributed by atoms with Gasteiger partial charge in [-0.15, -0.1) is 11.3 Å². The van der Waals surface area contributed by atoms with Gasteiger partial charge in [-0.1, -0.05) is 17.7 Å². The average molecular weight is 311 g/mol. The zero-order chi connectivity index (χ0) is 14.5. The van der Waals surface area contributed by atoms with Gasteiger partial charge in [0.1, 0.15) is 5.15 Å².